The maximum Gasteiger partial charge on any atom is 0.172 e. The van der Waals surface area contributed by atoms with Gasteiger partial charge in [-0.15, -0.1) is 11.3 Å². The Hall–Kier alpha value is -0.690. The molecule has 2 N–H and O–H groups in total. The molecule has 0 aliphatic carbocycles. The lowest BCUT2D eigenvalue weighted by Gasteiger charge is -2.03. The molecule has 0 aromatic carbocycles. The molecule has 0 atom stereocenters. The van der Waals surface area contributed by atoms with Crippen LogP contribution in [0.3, 0.4) is 0 Å². The second kappa shape index (κ2) is 5.30. The van der Waals surface area contributed by atoms with E-state index in [1.807, 2.05) is 6.07 Å². The lowest BCUT2D eigenvalue weighted by molar-refractivity contribution is 0.181. The minimum Gasteiger partial charge on any atom is -0.384 e. The highest BCUT2D eigenvalue weighted by Crippen LogP contribution is 2.36. The summed E-state index contributed by atoms with van der Waals surface area (Å²) in [5, 5.41) is 0. The lowest BCUT2D eigenvalue weighted by Crippen LogP contribution is -2.00. The summed E-state index contributed by atoms with van der Waals surface area (Å²) in [6.45, 7) is 0.403. The van der Waals surface area contributed by atoms with Gasteiger partial charge in [-0.3, -0.25) is 0 Å². The predicted molar refractivity (Wildman–Crippen MR) is 73.2 cm³/mol. The zero-order valence-corrected chi connectivity index (χ0v) is 12.1. The molecule has 2 rings (SSSR count). The second-order valence-electron chi connectivity index (χ2n) is 3.27. The Bertz CT molecular complexity index is 527. The van der Waals surface area contributed by atoms with Crippen molar-refractivity contribution >= 4 is 44.7 Å². The Balaban J connectivity index is 2.44. The van der Waals surface area contributed by atoms with Crippen LogP contribution < -0.4 is 5.73 Å². The fourth-order valence-corrected chi connectivity index (χ4v) is 2.94. The summed E-state index contributed by atoms with van der Waals surface area (Å²) in [7, 11) is 1.61. The summed E-state index contributed by atoms with van der Waals surface area (Å²) in [5.74, 6) is 0.984. The Kier molecular flexibility index (Phi) is 3.98. The summed E-state index contributed by atoms with van der Waals surface area (Å²) < 4.78 is 6.52. The smallest absolute Gasteiger partial charge is 0.172 e. The van der Waals surface area contributed by atoms with Gasteiger partial charge in [0, 0.05) is 17.6 Å². The van der Waals surface area contributed by atoms with E-state index in [2.05, 4.69) is 25.9 Å². The van der Waals surface area contributed by atoms with Crippen molar-refractivity contribution in [3.8, 4) is 10.7 Å². The van der Waals surface area contributed by atoms with E-state index in [0.29, 0.717) is 22.6 Å². The van der Waals surface area contributed by atoms with Gasteiger partial charge in [0.05, 0.1) is 17.2 Å². The third-order valence-corrected chi connectivity index (χ3v) is 4.43. The van der Waals surface area contributed by atoms with E-state index >= 15 is 0 Å². The van der Waals surface area contributed by atoms with Crippen molar-refractivity contribution in [3.63, 3.8) is 0 Å². The molecule has 0 saturated carbocycles. The zero-order chi connectivity index (χ0) is 12.4. The average Bonchev–Trinajstić information content (AvgIpc) is 2.59. The molecular weight excluding hydrogens is 326 g/mol. The van der Waals surface area contributed by atoms with Crippen molar-refractivity contribution in [1.82, 2.24) is 9.97 Å². The van der Waals surface area contributed by atoms with E-state index in [1.165, 1.54) is 11.3 Å². The first-order valence-corrected chi connectivity index (χ1v) is 6.66. The number of anilines is 1. The molecule has 0 aliphatic heterocycles. The number of aromatic nitrogens is 2. The highest BCUT2D eigenvalue weighted by Gasteiger charge is 2.11. The van der Waals surface area contributed by atoms with Crippen molar-refractivity contribution in [2.45, 2.75) is 6.61 Å². The predicted octanol–water partition coefficient (Wildman–Crippen LogP) is 3.35. The molecule has 0 fully saturated rings. The number of hydrogen-bond acceptors (Lipinski definition) is 5. The monoisotopic (exact) mass is 333 g/mol. The van der Waals surface area contributed by atoms with Crippen LogP contribution in [0.1, 0.15) is 5.69 Å². The van der Waals surface area contributed by atoms with Crippen LogP contribution >= 0.6 is 38.9 Å². The molecule has 0 unspecified atom stereocenters. The number of rotatable bonds is 3. The van der Waals surface area contributed by atoms with Crippen LogP contribution in [0.5, 0.6) is 0 Å². The highest BCUT2D eigenvalue weighted by molar-refractivity contribution is 9.10. The van der Waals surface area contributed by atoms with Crippen molar-refractivity contribution in [3.05, 3.63) is 26.6 Å². The van der Waals surface area contributed by atoms with Crippen molar-refractivity contribution in [2.75, 3.05) is 12.8 Å². The number of halogens is 2. The Morgan fingerprint density at radius 3 is 2.82 bits per heavy atom. The number of hydrogen-bond donors (Lipinski definition) is 1. The van der Waals surface area contributed by atoms with Gasteiger partial charge in [-0.05, 0) is 22.0 Å². The molecule has 0 aliphatic rings. The van der Waals surface area contributed by atoms with Crippen LogP contribution in [-0.2, 0) is 11.3 Å². The lowest BCUT2D eigenvalue weighted by atomic mass is 10.3. The van der Waals surface area contributed by atoms with Gasteiger partial charge in [0.2, 0.25) is 0 Å². The van der Waals surface area contributed by atoms with E-state index in [4.69, 9.17) is 22.1 Å². The van der Waals surface area contributed by atoms with Crippen molar-refractivity contribution < 1.29 is 4.74 Å². The number of methoxy groups -OCH3 is 1. The number of thiophene rings is 1. The van der Waals surface area contributed by atoms with Crippen molar-refractivity contribution in [1.29, 1.82) is 0 Å². The maximum absolute atomic E-state index is 5.98. The fourth-order valence-electron chi connectivity index (χ4n) is 1.31. The minimum absolute atomic E-state index is 0.403. The fraction of sp³-hybridized carbons (Fsp3) is 0.200. The molecule has 0 bridgehead atoms. The molecule has 17 heavy (non-hydrogen) atoms. The third kappa shape index (κ3) is 2.95. The minimum atomic E-state index is 0.403. The Labute approximate surface area is 116 Å². The van der Waals surface area contributed by atoms with Gasteiger partial charge in [-0.25, -0.2) is 9.97 Å². The van der Waals surface area contributed by atoms with Crippen LogP contribution in [0.2, 0.25) is 4.34 Å². The number of nitrogens with two attached hydrogens (primary N) is 1. The molecule has 7 heteroatoms. The molecule has 2 heterocycles. The molecule has 90 valence electrons. The van der Waals surface area contributed by atoms with Crippen molar-refractivity contribution in [2.24, 2.45) is 0 Å². The van der Waals surface area contributed by atoms with Crippen LogP contribution in [0.4, 0.5) is 5.82 Å². The Morgan fingerprint density at radius 2 is 2.24 bits per heavy atom. The molecule has 2 aromatic rings. The van der Waals surface area contributed by atoms with Crippen LogP contribution in [0.25, 0.3) is 10.7 Å². The van der Waals surface area contributed by atoms with E-state index in [-0.39, 0.29) is 0 Å². The first-order chi connectivity index (χ1) is 8.10. The first kappa shape index (κ1) is 12.8. The van der Waals surface area contributed by atoms with Gasteiger partial charge in [-0.2, -0.15) is 0 Å². The van der Waals surface area contributed by atoms with Crippen LogP contribution in [0, 0.1) is 0 Å². The van der Waals surface area contributed by atoms with Gasteiger partial charge in [0.15, 0.2) is 5.82 Å². The topological polar surface area (TPSA) is 61.0 Å². The van der Waals surface area contributed by atoms with Gasteiger partial charge in [0.25, 0.3) is 0 Å². The van der Waals surface area contributed by atoms with E-state index in [9.17, 15) is 0 Å². The quantitative estimate of drug-likeness (QED) is 0.935. The first-order valence-electron chi connectivity index (χ1n) is 4.67. The average molecular weight is 335 g/mol. The molecule has 0 amide bonds. The molecule has 2 aromatic heterocycles. The molecule has 0 saturated heterocycles. The third-order valence-electron chi connectivity index (χ3n) is 1.96. The summed E-state index contributed by atoms with van der Waals surface area (Å²) in [6, 6.07) is 3.57. The van der Waals surface area contributed by atoms with Crippen LogP contribution in [0.15, 0.2) is 16.6 Å². The molecule has 0 spiro atoms. The summed E-state index contributed by atoms with van der Waals surface area (Å²) in [6.07, 6.45) is 0. The zero-order valence-electron chi connectivity index (χ0n) is 8.91. The number of nitrogen functional groups attached to an aromatic ring is 1. The highest BCUT2D eigenvalue weighted by atomic mass is 79.9. The van der Waals surface area contributed by atoms with Gasteiger partial charge in [-0.1, -0.05) is 11.6 Å². The van der Waals surface area contributed by atoms with E-state index in [1.54, 1.807) is 13.2 Å². The summed E-state index contributed by atoms with van der Waals surface area (Å²) in [4.78, 5) is 9.41. The summed E-state index contributed by atoms with van der Waals surface area (Å²) >= 11 is 10.7. The van der Waals surface area contributed by atoms with Gasteiger partial charge < -0.3 is 10.5 Å². The molecular formula is C10H9BrClN3OS. The SMILES string of the molecule is COCc1cc(N)nc(-c2cc(Br)c(Cl)s2)n1. The molecule has 4 nitrogen and oxygen atoms in total. The Morgan fingerprint density at radius 1 is 1.47 bits per heavy atom. The second-order valence-corrected chi connectivity index (χ2v) is 5.78. The molecule has 0 radical (unpaired) electrons. The van der Waals surface area contributed by atoms with Crippen LogP contribution in [-0.4, -0.2) is 17.1 Å². The van der Waals surface area contributed by atoms with Gasteiger partial charge >= 0.3 is 0 Å². The van der Waals surface area contributed by atoms with Gasteiger partial charge in [0.1, 0.15) is 10.2 Å². The summed E-state index contributed by atoms with van der Waals surface area (Å²) in [5.41, 5.74) is 6.47. The maximum atomic E-state index is 5.98. The number of ether oxygens (including phenoxy) is 1. The standard InChI is InChI=1S/C10H9BrClN3OS/c1-16-4-5-2-8(13)15-10(14-5)7-3-6(11)9(12)17-7/h2-3H,4H2,1H3,(H2,13,14,15). The normalized spacial score (nSPS) is 10.8. The van der Waals surface area contributed by atoms with E-state index in [0.717, 1.165) is 15.0 Å². The largest absolute Gasteiger partial charge is 0.384 e. The van der Waals surface area contributed by atoms with E-state index < -0.39 is 0 Å². The number of nitrogens with zero attached hydrogens (tertiary/aromatic N) is 2.